The van der Waals surface area contributed by atoms with Crippen LogP contribution in [0.15, 0.2) is 23.4 Å². The Labute approximate surface area is 209 Å². The highest BCUT2D eigenvalue weighted by atomic mass is 35.5. The van der Waals surface area contributed by atoms with Crippen molar-refractivity contribution in [3.05, 3.63) is 39.6 Å². The number of nitrogens with zero attached hydrogens (tertiary/aromatic N) is 3. The Hall–Kier alpha value is -1.77. The molecule has 1 heterocycles. The third kappa shape index (κ3) is 7.11. The highest BCUT2D eigenvalue weighted by Crippen LogP contribution is 2.27. The summed E-state index contributed by atoms with van der Waals surface area (Å²) in [5, 5.41) is 16.3. The summed E-state index contributed by atoms with van der Waals surface area (Å²) in [7, 11) is 0. The minimum Gasteiger partial charge on any atom is -0.353 e. The van der Waals surface area contributed by atoms with Gasteiger partial charge < -0.3 is 15.2 Å². The Morgan fingerprint density at radius 2 is 1.94 bits per heavy atom. The lowest BCUT2D eigenvalue weighted by molar-refractivity contribution is -0.119. The molecule has 2 aromatic rings. The molecule has 1 atom stereocenters. The van der Waals surface area contributed by atoms with E-state index in [1.54, 1.807) is 18.2 Å². The molecular weight excluding hydrogens is 481 g/mol. The number of hydrogen-bond donors (Lipinski definition) is 2. The fraction of sp³-hybridized carbons (Fsp3) is 0.565. The summed E-state index contributed by atoms with van der Waals surface area (Å²) in [6, 6.07) is 4.75. The molecule has 1 aliphatic carbocycles. The van der Waals surface area contributed by atoms with Crippen LogP contribution in [-0.4, -0.2) is 38.4 Å². The molecule has 33 heavy (non-hydrogen) atoms. The first-order valence-corrected chi connectivity index (χ1v) is 13.1. The Balaban J connectivity index is 1.73. The van der Waals surface area contributed by atoms with Crippen molar-refractivity contribution >= 4 is 46.8 Å². The second-order valence-electron chi connectivity index (χ2n) is 8.70. The second kappa shape index (κ2) is 12.1. The summed E-state index contributed by atoms with van der Waals surface area (Å²) in [4.78, 5) is 25.3. The molecule has 1 aliphatic rings. The van der Waals surface area contributed by atoms with E-state index in [0.29, 0.717) is 51.5 Å². The first-order valence-electron chi connectivity index (χ1n) is 11.4. The van der Waals surface area contributed by atoms with Crippen molar-refractivity contribution in [2.24, 2.45) is 5.92 Å². The second-order valence-corrected chi connectivity index (χ2v) is 10.5. The van der Waals surface area contributed by atoms with Crippen LogP contribution < -0.4 is 10.6 Å². The quantitative estimate of drug-likeness (QED) is 0.424. The zero-order chi connectivity index (χ0) is 24.0. The maximum absolute atomic E-state index is 13.0. The number of carbonyl (C=O) groups is 2. The number of nitrogens with one attached hydrogen (secondary N) is 2. The minimum atomic E-state index is -0.349. The average Bonchev–Trinajstić information content (AvgIpc) is 3.40. The van der Waals surface area contributed by atoms with Gasteiger partial charge in [0.25, 0.3) is 5.91 Å². The van der Waals surface area contributed by atoms with Gasteiger partial charge in [0.2, 0.25) is 5.91 Å². The molecule has 0 saturated heterocycles. The highest BCUT2D eigenvalue weighted by molar-refractivity contribution is 7.99. The van der Waals surface area contributed by atoms with Gasteiger partial charge in [-0.2, -0.15) is 0 Å². The normalized spacial score (nSPS) is 15.1. The smallest absolute Gasteiger partial charge is 0.253 e. The van der Waals surface area contributed by atoms with Crippen molar-refractivity contribution in [1.82, 2.24) is 25.4 Å². The predicted octanol–water partition coefficient (Wildman–Crippen LogP) is 5.27. The van der Waals surface area contributed by atoms with E-state index in [-0.39, 0.29) is 23.6 Å². The van der Waals surface area contributed by atoms with E-state index >= 15 is 0 Å². The summed E-state index contributed by atoms with van der Waals surface area (Å²) >= 11 is 13.6. The zero-order valence-corrected chi connectivity index (χ0v) is 21.6. The van der Waals surface area contributed by atoms with Crippen molar-refractivity contribution in [2.75, 3.05) is 5.75 Å². The number of aromatic nitrogens is 3. The molecule has 180 valence electrons. The SMILES string of the molecule is CCn1c(SCC(=O)NC2CCCC2)nnc1[C@H](CC(C)C)NC(=O)c1ccc(Cl)cc1Cl. The van der Waals surface area contributed by atoms with E-state index in [0.717, 1.165) is 12.8 Å². The van der Waals surface area contributed by atoms with Gasteiger partial charge in [-0.1, -0.05) is 61.7 Å². The van der Waals surface area contributed by atoms with Gasteiger partial charge >= 0.3 is 0 Å². The van der Waals surface area contributed by atoms with Gasteiger partial charge in [0, 0.05) is 17.6 Å². The van der Waals surface area contributed by atoms with Crippen LogP contribution in [0.5, 0.6) is 0 Å². The topological polar surface area (TPSA) is 88.9 Å². The molecule has 1 saturated carbocycles. The molecule has 0 bridgehead atoms. The van der Waals surface area contributed by atoms with Crippen LogP contribution in [0.25, 0.3) is 0 Å². The number of halogens is 2. The number of thioether (sulfide) groups is 1. The van der Waals surface area contributed by atoms with Crippen LogP contribution in [0.3, 0.4) is 0 Å². The Kier molecular flexibility index (Phi) is 9.47. The molecule has 0 radical (unpaired) electrons. The number of carbonyl (C=O) groups excluding carboxylic acids is 2. The molecule has 0 unspecified atom stereocenters. The van der Waals surface area contributed by atoms with Gasteiger partial charge in [-0.25, -0.2) is 0 Å². The number of benzene rings is 1. The maximum Gasteiger partial charge on any atom is 0.253 e. The lowest BCUT2D eigenvalue weighted by atomic mass is 10.0. The first kappa shape index (κ1) is 25.8. The lowest BCUT2D eigenvalue weighted by Crippen LogP contribution is -2.34. The number of amides is 2. The van der Waals surface area contributed by atoms with E-state index in [1.807, 2.05) is 11.5 Å². The minimum absolute atomic E-state index is 0.0171. The van der Waals surface area contributed by atoms with E-state index in [4.69, 9.17) is 23.2 Å². The summed E-state index contributed by atoms with van der Waals surface area (Å²) in [6.07, 6.45) is 5.15. The van der Waals surface area contributed by atoms with Crippen molar-refractivity contribution in [2.45, 2.75) is 76.7 Å². The molecule has 1 aromatic carbocycles. The fourth-order valence-corrected chi connectivity index (χ4v) is 5.36. The number of hydrogen-bond acceptors (Lipinski definition) is 5. The maximum atomic E-state index is 13.0. The summed E-state index contributed by atoms with van der Waals surface area (Å²) in [5.41, 5.74) is 0.357. The fourth-order valence-electron chi connectivity index (χ4n) is 4.04. The molecular formula is C23H31Cl2N5O2S. The third-order valence-electron chi connectivity index (χ3n) is 5.61. The predicted molar refractivity (Wildman–Crippen MR) is 133 cm³/mol. The van der Waals surface area contributed by atoms with Crippen molar-refractivity contribution in [1.29, 1.82) is 0 Å². The summed E-state index contributed by atoms with van der Waals surface area (Å²) < 4.78 is 1.96. The molecule has 2 amide bonds. The molecule has 1 fully saturated rings. The summed E-state index contributed by atoms with van der Waals surface area (Å²) in [6.45, 7) is 6.80. The number of rotatable bonds is 10. The van der Waals surface area contributed by atoms with Gasteiger partial charge in [-0.15, -0.1) is 10.2 Å². The van der Waals surface area contributed by atoms with Gasteiger partial charge in [0.15, 0.2) is 11.0 Å². The van der Waals surface area contributed by atoms with E-state index in [1.165, 1.54) is 24.6 Å². The highest BCUT2D eigenvalue weighted by Gasteiger charge is 2.25. The van der Waals surface area contributed by atoms with E-state index in [9.17, 15) is 9.59 Å². The van der Waals surface area contributed by atoms with Gasteiger partial charge in [-0.3, -0.25) is 9.59 Å². The van der Waals surface area contributed by atoms with Crippen LogP contribution in [0.4, 0.5) is 0 Å². The third-order valence-corrected chi connectivity index (χ3v) is 7.13. The Morgan fingerprint density at radius 1 is 1.21 bits per heavy atom. The lowest BCUT2D eigenvalue weighted by Gasteiger charge is -2.21. The van der Waals surface area contributed by atoms with Gasteiger partial charge in [-0.05, 0) is 50.3 Å². The average molecular weight is 513 g/mol. The largest absolute Gasteiger partial charge is 0.353 e. The Bertz CT molecular complexity index is 976. The Morgan fingerprint density at radius 3 is 2.58 bits per heavy atom. The van der Waals surface area contributed by atoms with Crippen molar-refractivity contribution in [3.8, 4) is 0 Å². The molecule has 2 N–H and O–H groups in total. The van der Waals surface area contributed by atoms with Crippen LogP contribution in [0.1, 0.15) is 75.1 Å². The molecule has 10 heteroatoms. The van der Waals surface area contributed by atoms with Crippen molar-refractivity contribution in [3.63, 3.8) is 0 Å². The van der Waals surface area contributed by atoms with E-state index in [2.05, 4.69) is 34.7 Å². The van der Waals surface area contributed by atoms with Crippen molar-refractivity contribution < 1.29 is 9.59 Å². The first-order chi connectivity index (χ1) is 15.8. The van der Waals surface area contributed by atoms with Crippen LogP contribution >= 0.6 is 35.0 Å². The van der Waals surface area contributed by atoms with Crippen LogP contribution in [0.2, 0.25) is 10.0 Å². The zero-order valence-electron chi connectivity index (χ0n) is 19.2. The van der Waals surface area contributed by atoms with Crippen LogP contribution in [0, 0.1) is 5.92 Å². The van der Waals surface area contributed by atoms with E-state index < -0.39 is 0 Å². The molecule has 0 aliphatic heterocycles. The molecule has 7 nitrogen and oxygen atoms in total. The standard InChI is InChI=1S/C23H31Cl2N5O2S/c1-4-30-21(28-29-23(30)33-13-20(31)26-16-7-5-6-8-16)19(11-14(2)3)27-22(32)17-10-9-15(24)12-18(17)25/h9-10,12,14,16,19H,4-8,11,13H2,1-3H3,(H,26,31)(H,27,32)/t19-/m0/s1. The molecule has 1 aromatic heterocycles. The van der Waals surface area contributed by atoms with Crippen LogP contribution in [-0.2, 0) is 11.3 Å². The monoisotopic (exact) mass is 511 g/mol. The molecule has 3 rings (SSSR count). The van der Waals surface area contributed by atoms with Gasteiger partial charge in [0.05, 0.1) is 22.4 Å². The van der Waals surface area contributed by atoms with Gasteiger partial charge in [0.1, 0.15) is 0 Å². The summed E-state index contributed by atoms with van der Waals surface area (Å²) in [5.74, 6) is 0.993. The molecule has 0 spiro atoms.